The van der Waals surface area contributed by atoms with Crippen LogP contribution in [0.5, 0.6) is 5.75 Å². The smallest absolute Gasteiger partial charge is 0.206 e. The van der Waals surface area contributed by atoms with Crippen LogP contribution >= 0.6 is 11.3 Å². The summed E-state index contributed by atoms with van der Waals surface area (Å²) in [5, 5.41) is 13.2. The first-order valence-electron chi connectivity index (χ1n) is 7.16. The van der Waals surface area contributed by atoms with Gasteiger partial charge in [-0.05, 0) is 29.8 Å². The number of ether oxygens (including phenoxy) is 1. The van der Waals surface area contributed by atoms with Crippen molar-refractivity contribution in [2.45, 2.75) is 6.54 Å². The molecule has 0 spiro atoms. The van der Waals surface area contributed by atoms with Gasteiger partial charge in [0.05, 0.1) is 0 Å². The van der Waals surface area contributed by atoms with Crippen molar-refractivity contribution >= 4 is 16.5 Å². The van der Waals surface area contributed by atoms with Crippen LogP contribution in [-0.2, 0) is 6.54 Å². The molecule has 1 N–H and O–H groups in total. The van der Waals surface area contributed by atoms with Gasteiger partial charge in [0.15, 0.2) is 5.01 Å². The van der Waals surface area contributed by atoms with Gasteiger partial charge in [0.25, 0.3) is 0 Å². The summed E-state index contributed by atoms with van der Waals surface area (Å²) < 4.78 is 5.46. The molecular weight excluding hydrogens is 308 g/mol. The maximum atomic E-state index is 5.46. The molecule has 0 saturated carbocycles. The summed E-state index contributed by atoms with van der Waals surface area (Å²) in [6.07, 6.45) is 3.48. The van der Waals surface area contributed by atoms with E-state index >= 15 is 0 Å². The zero-order valence-corrected chi connectivity index (χ0v) is 13.3. The Morgan fingerprint density at radius 2 is 2.00 bits per heavy atom. The maximum Gasteiger partial charge on any atom is 0.206 e. The number of benzene rings is 1. The predicted octanol–water partition coefficient (Wildman–Crippen LogP) is 3.78. The van der Waals surface area contributed by atoms with Crippen molar-refractivity contribution < 1.29 is 4.74 Å². The minimum Gasteiger partial charge on any atom is -0.490 e. The lowest BCUT2D eigenvalue weighted by atomic mass is 10.2. The molecule has 0 aliphatic rings. The number of hydrogen-bond acceptors (Lipinski definition) is 6. The van der Waals surface area contributed by atoms with E-state index in [2.05, 4.69) is 27.1 Å². The van der Waals surface area contributed by atoms with Crippen LogP contribution in [-0.4, -0.2) is 21.8 Å². The fourth-order valence-corrected chi connectivity index (χ4v) is 2.64. The van der Waals surface area contributed by atoms with Crippen LogP contribution in [0.25, 0.3) is 10.7 Å². The fourth-order valence-electron chi connectivity index (χ4n) is 1.92. The molecule has 0 unspecified atom stereocenters. The Morgan fingerprint density at radius 1 is 1.13 bits per heavy atom. The van der Waals surface area contributed by atoms with Gasteiger partial charge in [0.2, 0.25) is 5.13 Å². The molecule has 0 fully saturated rings. The highest BCUT2D eigenvalue weighted by Gasteiger charge is 2.07. The Kier molecular flexibility index (Phi) is 4.95. The zero-order chi connectivity index (χ0) is 15.9. The van der Waals surface area contributed by atoms with Crippen molar-refractivity contribution in [2.75, 3.05) is 11.9 Å². The van der Waals surface area contributed by atoms with Gasteiger partial charge >= 0.3 is 0 Å². The standard InChI is InChI=1S/C17H16N4OS/c1-2-11-22-14-8-6-13(7-9-14)12-19-17-21-20-16(23-17)15-5-3-4-10-18-15/h2-10H,1,11-12H2,(H,19,21). The Bertz CT molecular complexity index is 756. The first kappa shape index (κ1) is 15.2. The van der Waals surface area contributed by atoms with Gasteiger partial charge in [-0.2, -0.15) is 0 Å². The topological polar surface area (TPSA) is 59.9 Å². The molecule has 0 bridgehead atoms. The van der Waals surface area contributed by atoms with Crippen LogP contribution < -0.4 is 10.1 Å². The maximum absolute atomic E-state index is 5.46. The van der Waals surface area contributed by atoms with E-state index in [-0.39, 0.29) is 0 Å². The summed E-state index contributed by atoms with van der Waals surface area (Å²) in [6, 6.07) is 13.7. The molecule has 0 atom stereocenters. The van der Waals surface area contributed by atoms with Crippen LogP contribution in [0.3, 0.4) is 0 Å². The Balaban J connectivity index is 1.58. The molecule has 0 amide bonds. The fraction of sp³-hybridized carbons (Fsp3) is 0.118. The van der Waals surface area contributed by atoms with Crippen molar-refractivity contribution in [3.8, 4) is 16.5 Å². The van der Waals surface area contributed by atoms with Gasteiger partial charge in [0, 0.05) is 12.7 Å². The second-order valence-corrected chi connectivity index (χ2v) is 5.70. The number of hydrogen-bond donors (Lipinski definition) is 1. The van der Waals surface area contributed by atoms with Gasteiger partial charge in [-0.25, -0.2) is 0 Å². The lowest BCUT2D eigenvalue weighted by Crippen LogP contribution is -1.99. The van der Waals surface area contributed by atoms with Crippen molar-refractivity contribution in [3.63, 3.8) is 0 Å². The third-order valence-electron chi connectivity index (χ3n) is 3.04. The Labute approximate surface area is 138 Å². The molecule has 23 heavy (non-hydrogen) atoms. The largest absolute Gasteiger partial charge is 0.490 e. The highest BCUT2D eigenvalue weighted by molar-refractivity contribution is 7.18. The number of anilines is 1. The van der Waals surface area contributed by atoms with Gasteiger partial charge in [-0.15, -0.1) is 10.2 Å². The molecule has 0 aliphatic carbocycles. The second-order valence-electron chi connectivity index (χ2n) is 4.72. The first-order valence-corrected chi connectivity index (χ1v) is 7.98. The van der Waals surface area contributed by atoms with E-state index in [0.717, 1.165) is 27.1 Å². The molecule has 2 heterocycles. The second kappa shape index (κ2) is 7.51. The van der Waals surface area contributed by atoms with Gasteiger partial charge < -0.3 is 10.1 Å². The Hall–Kier alpha value is -2.73. The third kappa shape index (κ3) is 4.14. The molecule has 3 rings (SSSR count). The summed E-state index contributed by atoms with van der Waals surface area (Å²) in [5.41, 5.74) is 1.98. The van der Waals surface area contributed by atoms with E-state index in [1.54, 1.807) is 12.3 Å². The van der Waals surface area contributed by atoms with Gasteiger partial charge in [-0.3, -0.25) is 4.98 Å². The Morgan fingerprint density at radius 3 is 2.74 bits per heavy atom. The molecule has 116 valence electrons. The molecule has 6 heteroatoms. The van der Waals surface area contributed by atoms with Crippen LogP contribution in [0.1, 0.15) is 5.56 Å². The van der Waals surface area contributed by atoms with Gasteiger partial charge in [-0.1, -0.05) is 42.2 Å². The van der Waals surface area contributed by atoms with Crippen molar-refractivity contribution in [1.82, 2.24) is 15.2 Å². The number of aromatic nitrogens is 3. The zero-order valence-electron chi connectivity index (χ0n) is 12.5. The van der Waals surface area contributed by atoms with Crippen molar-refractivity contribution in [1.29, 1.82) is 0 Å². The lowest BCUT2D eigenvalue weighted by Gasteiger charge is -2.05. The first-order chi connectivity index (χ1) is 11.3. The number of nitrogens with one attached hydrogen (secondary N) is 1. The minimum absolute atomic E-state index is 0.513. The monoisotopic (exact) mass is 324 g/mol. The summed E-state index contributed by atoms with van der Waals surface area (Å²) in [7, 11) is 0. The summed E-state index contributed by atoms with van der Waals surface area (Å²) >= 11 is 1.49. The van der Waals surface area contributed by atoms with Crippen LogP contribution in [0.4, 0.5) is 5.13 Å². The van der Waals surface area contributed by atoms with E-state index in [4.69, 9.17) is 4.74 Å². The van der Waals surface area contributed by atoms with Gasteiger partial charge in [0.1, 0.15) is 18.1 Å². The van der Waals surface area contributed by atoms with E-state index in [0.29, 0.717) is 13.2 Å². The van der Waals surface area contributed by atoms with Crippen LogP contribution in [0.2, 0.25) is 0 Å². The van der Waals surface area contributed by atoms with Crippen molar-refractivity contribution in [2.24, 2.45) is 0 Å². The van der Waals surface area contributed by atoms with Crippen molar-refractivity contribution in [3.05, 3.63) is 66.9 Å². The molecule has 0 saturated heterocycles. The normalized spacial score (nSPS) is 10.3. The molecule has 2 aromatic heterocycles. The number of pyridine rings is 1. The summed E-state index contributed by atoms with van der Waals surface area (Å²) in [6.45, 7) is 4.82. The van der Waals surface area contributed by atoms with Crippen LogP contribution in [0, 0.1) is 0 Å². The molecular formula is C17H16N4OS. The summed E-state index contributed by atoms with van der Waals surface area (Å²) in [5.74, 6) is 0.835. The highest BCUT2D eigenvalue weighted by atomic mass is 32.1. The molecule has 5 nitrogen and oxygen atoms in total. The predicted molar refractivity (Wildman–Crippen MR) is 92.6 cm³/mol. The highest BCUT2D eigenvalue weighted by Crippen LogP contribution is 2.24. The van der Waals surface area contributed by atoms with E-state index in [1.807, 2.05) is 42.5 Å². The molecule has 0 radical (unpaired) electrons. The van der Waals surface area contributed by atoms with E-state index < -0.39 is 0 Å². The van der Waals surface area contributed by atoms with Crippen LogP contribution in [0.15, 0.2) is 61.3 Å². The molecule has 0 aliphatic heterocycles. The average Bonchev–Trinajstić information content (AvgIpc) is 3.09. The molecule has 3 aromatic rings. The quantitative estimate of drug-likeness (QED) is 0.670. The third-order valence-corrected chi connectivity index (χ3v) is 3.95. The minimum atomic E-state index is 0.513. The van der Waals surface area contributed by atoms with E-state index in [9.17, 15) is 0 Å². The average molecular weight is 324 g/mol. The lowest BCUT2D eigenvalue weighted by molar-refractivity contribution is 0.363. The van der Waals surface area contributed by atoms with E-state index in [1.165, 1.54) is 11.3 Å². The number of nitrogens with zero attached hydrogens (tertiary/aromatic N) is 3. The SMILES string of the molecule is C=CCOc1ccc(CNc2nnc(-c3ccccn3)s2)cc1. The number of rotatable bonds is 7. The molecule has 1 aromatic carbocycles. The summed E-state index contributed by atoms with van der Waals surface area (Å²) in [4.78, 5) is 4.27.